The molecule has 3 nitrogen and oxygen atoms in total. The summed E-state index contributed by atoms with van der Waals surface area (Å²) < 4.78 is 0. The van der Waals surface area contributed by atoms with Gasteiger partial charge in [0.15, 0.2) is 0 Å². The van der Waals surface area contributed by atoms with Crippen LogP contribution in [0.5, 0.6) is 0 Å². The predicted molar refractivity (Wildman–Crippen MR) is 137 cm³/mol. The predicted octanol–water partition coefficient (Wildman–Crippen LogP) is 8.61. The molecule has 0 atom stereocenters. The van der Waals surface area contributed by atoms with E-state index in [1.165, 1.54) is 55.3 Å². The Morgan fingerprint density at radius 2 is 1.22 bits per heavy atom. The molecule has 1 aliphatic heterocycles. The highest BCUT2D eigenvalue weighted by molar-refractivity contribution is 5.70. The van der Waals surface area contributed by atoms with Crippen LogP contribution in [0.25, 0.3) is 12.2 Å². The lowest BCUT2D eigenvalue weighted by Gasteiger charge is -2.28. The number of anilines is 1. The van der Waals surface area contributed by atoms with Gasteiger partial charge in [-0.1, -0.05) is 61.9 Å². The van der Waals surface area contributed by atoms with Crippen LogP contribution in [0.2, 0.25) is 0 Å². The summed E-state index contributed by atoms with van der Waals surface area (Å²) in [4.78, 5) is 2.46. The second kappa shape index (κ2) is 11.4. The van der Waals surface area contributed by atoms with E-state index in [0.717, 1.165) is 30.0 Å². The van der Waals surface area contributed by atoms with Gasteiger partial charge in [-0.05, 0) is 85.2 Å². The van der Waals surface area contributed by atoms with Gasteiger partial charge in [-0.15, -0.1) is 0 Å². The van der Waals surface area contributed by atoms with E-state index < -0.39 is 0 Å². The maximum Gasteiger partial charge on any atom is 0.0858 e. The summed E-state index contributed by atoms with van der Waals surface area (Å²) >= 11 is 0. The minimum absolute atomic E-state index is 0.863. The second-order valence-electron chi connectivity index (χ2n) is 8.53. The molecule has 3 aromatic rings. The average molecular weight is 424 g/mol. The minimum atomic E-state index is 0.863. The van der Waals surface area contributed by atoms with Crippen molar-refractivity contribution in [2.24, 2.45) is 10.2 Å². The summed E-state index contributed by atoms with van der Waals surface area (Å²) in [5.41, 5.74) is 6.83. The fourth-order valence-corrected chi connectivity index (χ4v) is 4.02. The molecule has 0 aliphatic carbocycles. The standard InChI is InChI=1S/C29H33N3/c1-2-3-7-24-8-10-25(11-9-24)12-13-26-14-16-27(17-15-26)30-31-28-18-20-29(21-19-28)32-22-5-4-6-23-32/h8-21H,2-7,22-23H2,1H3/b13-12+,31-30+. The molecule has 0 saturated carbocycles. The number of unbranched alkanes of at least 4 members (excludes halogenated alkanes) is 1. The molecule has 32 heavy (non-hydrogen) atoms. The van der Waals surface area contributed by atoms with Gasteiger partial charge >= 0.3 is 0 Å². The van der Waals surface area contributed by atoms with Crippen molar-refractivity contribution in [2.45, 2.75) is 45.4 Å². The lowest BCUT2D eigenvalue weighted by molar-refractivity contribution is 0.578. The van der Waals surface area contributed by atoms with Crippen LogP contribution in [0, 0.1) is 0 Å². The zero-order valence-electron chi connectivity index (χ0n) is 19.1. The molecule has 0 aromatic heterocycles. The number of azo groups is 1. The molecule has 0 bridgehead atoms. The van der Waals surface area contributed by atoms with E-state index in [2.05, 4.69) is 94.9 Å². The second-order valence-corrected chi connectivity index (χ2v) is 8.53. The first kappa shape index (κ1) is 22.0. The maximum atomic E-state index is 4.40. The normalized spacial score (nSPS) is 14.5. The van der Waals surface area contributed by atoms with E-state index >= 15 is 0 Å². The minimum Gasteiger partial charge on any atom is -0.372 e. The Morgan fingerprint density at radius 3 is 1.78 bits per heavy atom. The van der Waals surface area contributed by atoms with Crippen molar-refractivity contribution in [3.8, 4) is 0 Å². The third kappa shape index (κ3) is 6.40. The Bertz CT molecular complexity index is 1010. The van der Waals surface area contributed by atoms with Gasteiger partial charge in [0.1, 0.15) is 0 Å². The van der Waals surface area contributed by atoms with Crippen molar-refractivity contribution < 1.29 is 0 Å². The summed E-state index contributed by atoms with van der Waals surface area (Å²) in [6.45, 7) is 4.55. The van der Waals surface area contributed by atoms with Crippen molar-refractivity contribution in [1.82, 2.24) is 0 Å². The Labute approximate surface area is 192 Å². The highest BCUT2D eigenvalue weighted by Crippen LogP contribution is 2.25. The summed E-state index contributed by atoms with van der Waals surface area (Å²) in [7, 11) is 0. The molecule has 0 N–H and O–H groups in total. The Balaban J connectivity index is 1.32. The van der Waals surface area contributed by atoms with Gasteiger partial charge in [0.05, 0.1) is 11.4 Å². The monoisotopic (exact) mass is 423 g/mol. The highest BCUT2D eigenvalue weighted by atomic mass is 15.1. The van der Waals surface area contributed by atoms with Crippen molar-refractivity contribution >= 4 is 29.2 Å². The Morgan fingerprint density at radius 1 is 0.688 bits per heavy atom. The van der Waals surface area contributed by atoms with Crippen LogP contribution < -0.4 is 4.90 Å². The molecule has 4 rings (SSSR count). The lowest BCUT2D eigenvalue weighted by Crippen LogP contribution is -2.29. The van der Waals surface area contributed by atoms with E-state index in [9.17, 15) is 0 Å². The van der Waals surface area contributed by atoms with E-state index in [-0.39, 0.29) is 0 Å². The van der Waals surface area contributed by atoms with Gasteiger partial charge in [0.25, 0.3) is 0 Å². The van der Waals surface area contributed by atoms with E-state index in [1.54, 1.807) is 0 Å². The number of hydrogen-bond donors (Lipinski definition) is 0. The summed E-state index contributed by atoms with van der Waals surface area (Å²) in [6.07, 6.45) is 11.9. The molecule has 3 heteroatoms. The quantitative estimate of drug-likeness (QED) is 0.263. The molecule has 164 valence electrons. The van der Waals surface area contributed by atoms with Crippen LogP contribution in [-0.4, -0.2) is 13.1 Å². The first-order valence-electron chi connectivity index (χ1n) is 11.9. The number of hydrogen-bond acceptors (Lipinski definition) is 3. The van der Waals surface area contributed by atoms with Crippen LogP contribution in [0.4, 0.5) is 17.1 Å². The van der Waals surface area contributed by atoms with Crippen molar-refractivity contribution in [3.63, 3.8) is 0 Å². The van der Waals surface area contributed by atoms with E-state index in [4.69, 9.17) is 0 Å². The molecule has 0 amide bonds. The van der Waals surface area contributed by atoms with Crippen LogP contribution >= 0.6 is 0 Å². The molecule has 0 unspecified atom stereocenters. The lowest BCUT2D eigenvalue weighted by atomic mass is 10.1. The molecule has 0 spiro atoms. The van der Waals surface area contributed by atoms with Gasteiger partial charge in [0.2, 0.25) is 0 Å². The van der Waals surface area contributed by atoms with Crippen LogP contribution in [-0.2, 0) is 6.42 Å². The molecule has 0 radical (unpaired) electrons. The van der Waals surface area contributed by atoms with E-state index in [1.807, 2.05) is 12.1 Å². The Hall–Kier alpha value is -3.20. The molecule has 1 aliphatic rings. The van der Waals surface area contributed by atoms with Gasteiger partial charge < -0.3 is 4.90 Å². The molecule has 1 saturated heterocycles. The number of rotatable bonds is 8. The first-order valence-corrected chi connectivity index (χ1v) is 11.9. The number of aryl methyl sites for hydroxylation is 1. The molecule has 1 fully saturated rings. The van der Waals surface area contributed by atoms with Gasteiger partial charge in [-0.25, -0.2) is 0 Å². The van der Waals surface area contributed by atoms with Gasteiger partial charge in [-0.3, -0.25) is 0 Å². The fraction of sp³-hybridized carbons (Fsp3) is 0.310. The van der Waals surface area contributed by atoms with E-state index in [0.29, 0.717) is 0 Å². The van der Waals surface area contributed by atoms with Crippen LogP contribution in [0.1, 0.15) is 55.7 Å². The van der Waals surface area contributed by atoms with Crippen LogP contribution in [0.15, 0.2) is 83.0 Å². The maximum absolute atomic E-state index is 4.40. The number of benzene rings is 3. The highest BCUT2D eigenvalue weighted by Gasteiger charge is 2.10. The van der Waals surface area contributed by atoms with Crippen LogP contribution in [0.3, 0.4) is 0 Å². The number of nitrogens with zero attached hydrogens (tertiary/aromatic N) is 3. The Kier molecular flexibility index (Phi) is 7.86. The number of piperidine rings is 1. The topological polar surface area (TPSA) is 28.0 Å². The fourth-order valence-electron chi connectivity index (χ4n) is 4.02. The summed E-state index contributed by atoms with van der Waals surface area (Å²) in [6, 6.07) is 25.5. The van der Waals surface area contributed by atoms with Crippen molar-refractivity contribution in [3.05, 3.63) is 89.5 Å². The third-order valence-electron chi connectivity index (χ3n) is 6.01. The van der Waals surface area contributed by atoms with Crippen molar-refractivity contribution in [1.29, 1.82) is 0 Å². The molecule has 3 aromatic carbocycles. The first-order chi connectivity index (χ1) is 15.8. The molecule has 1 heterocycles. The summed E-state index contributed by atoms with van der Waals surface area (Å²) in [5.74, 6) is 0. The van der Waals surface area contributed by atoms with Gasteiger partial charge in [0, 0.05) is 18.8 Å². The zero-order chi connectivity index (χ0) is 22.0. The molecular weight excluding hydrogens is 390 g/mol. The summed E-state index contributed by atoms with van der Waals surface area (Å²) in [5, 5.41) is 8.80. The smallest absolute Gasteiger partial charge is 0.0858 e. The molecular formula is C29H33N3. The zero-order valence-corrected chi connectivity index (χ0v) is 19.1. The largest absolute Gasteiger partial charge is 0.372 e. The SMILES string of the molecule is CCCCc1ccc(/C=C/c2ccc(/N=N/c3ccc(N4CCCCC4)cc3)cc2)cc1. The van der Waals surface area contributed by atoms with Gasteiger partial charge in [-0.2, -0.15) is 10.2 Å². The average Bonchev–Trinajstić information content (AvgIpc) is 2.87. The third-order valence-corrected chi connectivity index (χ3v) is 6.01. The van der Waals surface area contributed by atoms with Crippen molar-refractivity contribution in [2.75, 3.05) is 18.0 Å².